The maximum absolute atomic E-state index is 14.1. The summed E-state index contributed by atoms with van der Waals surface area (Å²) in [6.07, 6.45) is -1.12. The first kappa shape index (κ1) is 27.3. The Bertz CT molecular complexity index is 1260. The van der Waals surface area contributed by atoms with Crippen molar-refractivity contribution in [3.05, 3.63) is 29.8 Å². The number of aromatic nitrogens is 2. The number of fused-ring (bicyclic) bond motifs is 3. The quantitative estimate of drug-likeness (QED) is 0.562. The number of phenolic OH excluding ortho intramolecular Hbond substituents is 1. The number of benzene rings is 1. The molecule has 2 aliphatic rings. The fraction of sp³-hybridized carbons (Fsp3) is 0.538. The van der Waals surface area contributed by atoms with E-state index in [1.165, 1.54) is 11.0 Å². The molecule has 2 amide bonds. The Kier molecular flexibility index (Phi) is 6.87. The minimum atomic E-state index is -1.13. The lowest BCUT2D eigenvalue weighted by atomic mass is 10.0. The van der Waals surface area contributed by atoms with Gasteiger partial charge < -0.3 is 24.4 Å². The van der Waals surface area contributed by atoms with Crippen molar-refractivity contribution in [2.75, 3.05) is 29.4 Å². The van der Waals surface area contributed by atoms with Crippen molar-refractivity contribution in [3.63, 3.8) is 0 Å². The number of piperazine rings is 1. The van der Waals surface area contributed by atoms with Gasteiger partial charge in [-0.1, -0.05) is 0 Å². The summed E-state index contributed by atoms with van der Waals surface area (Å²) < 4.78 is 39.3. The lowest BCUT2D eigenvalue weighted by Crippen LogP contribution is -2.65. The van der Waals surface area contributed by atoms with Gasteiger partial charge in [-0.3, -0.25) is 4.90 Å². The molecule has 2 atom stereocenters. The third-order valence-corrected chi connectivity index (χ3v) is 6.10. The molecule has 1 fully saturated rings. The summed E-state index contributed by atoms with van der Waals surface area (Å²) in [5, 5.41) is 18.5. The number of amides is 2. The maximum atomic E-state index is 14.1. The molecule has 206 valence electrons. The molecule has 10 nitrogen and oxygen atoms in total. The van der Waals surface area contributed by atoms with Crippen molar-refractivity contribution in [1.29, 1.82) is 0 Å². The van der Waals surface area contributed by atoms with E-state index in [4.69, 9.17) is 9.47 Å². The topological polar surface area (TPSA) is 108 Å². The molecule has 0 aliphatic carbocycles. The highest BCUT2D eigenvalue weighted by Gasteiger charge is 2.44. The Hall–Kier alpha value is -3.70. The summed E-state index contributed by atoms with van der Waals surface area (Å²) in [6, 6.07) is 2.43. The number of anilines is 2. The number of aromatic hydroxyl groups is 1. The van der Waals surface area contributed by atoms with E-state index in [0.29, 0.717) is 18.3 Å². The molecule has 1 saturated heterocycles. The van der Waals surface area contributed by atoms with Gasteiger partial charge >= 0.3 is 12.2 Å². The van der Waals surface area contributed by atoms with Crippen LogP contribution in [0.5, 0.6) is 5.75 Å². The Morgan fingerprint density at radius 3 is 2.21 bits per heavy atom. The second kappa shape index (κ2) is 9.55. The van der Waals surface area contributed by atoms with E-state index >= 15 is 0 Å². The molecule has 1 N–H and O–H groups in total. The third kappa shape index (κ3) is 5.58. The smallest absolute Gasteiger partial charge is 0.416 e. The number of rotatable bonds is 1. The number of carbonyl (C=O) groups excluding carboxylic acids is 2. The first-order chi connectivity index (χ1) is 17.5. The average Bonchev–Trinajstić information content (AvgIpc) is 2.78. The molecule has 0 spiro atoms. The first-order valence-electron chi connectivity index (χ1n) is 12.4. The lowest BCUT2D eigenvalue weighted by molar-refractivity contribution is 0.0124. The molecule has 0 unspecified atom stereocenters. The summed E-state index contributed by atoms with van der Waals surface area (Å²) in [4.78, 5) is 31.1. The van der Waals surface area contributed by atoms with Crippen molar-refractivity contribution in [3.8, 4) is 17.0 Å². The zero-order valence-corrected chi connectivity index (χ0v) is 22.6. The predicted molar refractivity (Wildman–Crippen MR) is 136 cm³/mol. The van der Waals surface area contributed by atoms with E-state index in [-0.39, 0.29) is 42.2 Å². The SMILES string of the molecule is C[C@H]1CN2c3cc(-c4cc(F)cc(F)c4O)nnc3N(C(=O)OC(C)(C)C)C[C@H]2CN1C(=O)OC(C)(C)C. The van der Waals surface area contributed by atoms with Gasteiger partial charge in [-0.05, 0) is 60.6 Å². The van der Waals surface area contributed by atoms with Gasteiger partial charge in [0.15, 0.2) is 17.4 Å². The van der Waals surface area contributed by atoms with E-state index in [1.54, 1.807) is 46.4 Å². The normalized spacial score (nSPS) is 19.6. The molecule has 2 aromatic rings. The number of hydrogen-bond acceptors (Lipinski definition) is 8. The van der Waals surface area contributed by atoms with Crippen LogP contribution in [-0.4, -0.2) is 75.3 Å². The maximum Gasteiger partial charge on any atom is 0.416 e. The van der Waals surface area contributed by atoms with Gasteiger partial charge in [-0.25, -0.2) is 18.4 Å². The van der Waals surface area contributed by atoms with Crippen LogP contribution in [0.2, 0.25) is 0 Å². The minimum absolute atomic E-state index is 0.0201. The van der Waals surface area contributed by atoms with Gasteiger partial charge in [0.05, 0.1) is 24.0 Å². The van der Waals surface area contributed by atoms with Gasteiger partial charge in [0, 0.05) is 30.8 Å². The number of carbonyl (C=O) groups is 2. The molecular formula is C26H33F2N5O5. The second-order valence-corrected chi connectivity index (χ2v) is 11.6. The molecule has 1 aromatic carbocycles. The summed E-state index contributed by atoms with van der Waals surface area (Å²) in [7, 11) is 0. The fourth-order valence-electron chi connectivity index (χ4n) is 4.51. The molecular weight excluding hydrogens is 500 g/mol. The molecule has 1 aromatic heterocycles. The van der Waals surface area contributed by atoms with Gasteiger partial charge in [0.2, 0.25) is 0 Å². The lowest BCUT2D eigenvalue weighted by Gasteiger charge is -2.50. The average molecular weight is 534 g/mol. The molecule has 0 radical (unpaired) electrons. The zero-order chi connectivity index (χ0) is 28.2. The second-order valence-electron chi connectivity index (χ2n) is 11.6. The molecule has 0 saturated carbocycles. The third-order valence-electron chi connectivity index (χ3n) is 6.10. The molecule has 12 heteroatoms. The molecule has 2 aliphatic heterocycles. The van der Waals surface area contributed by atoms with Crippen LogP contribution >= 0.6 is 0 Å². The van der Waals surface area contributed by atoms with Crippen LogP contribution in [0.3, 0.4) is 0 Å². The zero-order valence-electron chi connectivity index (χ0n) is 22.6. The highest BCUT2D eigenvalue weighted by molar-refractivity contribution is 5.93. The van der Waals surface area contributed by atoms with Crippen LogP contribution in [0, 0.1) is 11.6 Å². The van der Waals surface area contributed by atoms with Crippen LogP contribution in [0.25, 0.3) is 11.3 Å². The highest BCUT2D eigenvalue weighted by atomic mass is 19.1. The van der Waals surface area contributed by atoms with E-state index in [2.05, 4.69) is 10.2 Å². The van der Waals surface area contributed by atoms with E-state index < -0.39 is 40.8 Å². The minimum Gasteiger partial charge on any atom is -0.504 e. The molecule has 0 bridgehead atoms. The molecule has 38 heavy (non-hydrogen) atoms. The van der Waals surface area contributed by atoms with Gasteiger partial charge in [-0.15, -0.1) is 10.2 Å². The van der Waals surface area contributed by atoms with Crippen molar-refractivity contribution in [2.45, 2.75) is 71.8 Å². The van der Waals surface area contributed by atoms with Crippen LogP contribution < -0.4 is 9.80 Å². The van der Waals surface area contributed by atoms with Crippen LogP contribution in [0.4, 0.5) is 29.9 Å². The summed E-state index contributed by atoms with van der Waals surface area (Å²) in [5.41, 5.74) is -1.16. The van der Waals surface area contributed by atoms with Crippen molar-refractivity contribution >= 4 is 23.7 Å². The van der Waals surface area contributed by atoms with E-state index in [1.807, 2.05) is 11.8 Å². The van der Waals surface area contributed by atoms with Crippen molar-refractivity contribution in [1.82, 2.24) is 15.1 Å². The van der Waals surface area contributed by atoms with Gasteiger partial charge in [-0.2, -0.15) is 0 Å². The Labute approximate surface area is 220 Å². The highest BCUT2D eigenvalue weighted by Crippen LogP contribution is 2.40. The van der Waals surface area contributed by atoms with Crippen molar-refractivity contribution < 1.29 is 33.0 Å². The fourth-order valence-corrected chi connectivity index (χ4v) is 4.51. The van der Waals surface area contributed by atoms with E-state index in [9.17, 15) is 23.5 Å². The largest absolute Gasteiger partial charge is 0.504 e. The van der Waals surface area contributed by atoms with Gasteiger partial charge in [0.1, 0.15) is 17.0 Å². The summed E-state index contributed by atoms with van der Waals surface area (Å²) >= 11 is 0. The number of ether oxygens (including phenoxy) is 2. The molecule has 4 rings (SSSR count). The Balaban J connectivity index is 1.77. The van der Waals surface area contributed by atoms with Crippen LogP contribution in [-0.2, 0) is 9.47 Å². The van der Waals surface area contributed by atoms with Gasteiger partial charge in [0.25, 0.3) is 0 Å². The van der Waals surface area contributed by atoms with Crippen LogP contribution in [0.15, 0.2) is 18.2 Å². The summed E-state index contributed by atoms with van der Waals surface area (Å²) in [6.45, 7) is 13.2. The first-order valence-corrected chi connectivity index (χ1v) is 12.4. The molecule has 3 heterocycles. The number of hydrogen-bond donors (Lipinski definition) is 1. The number of phenols is 1. The Morgan fingerprint density at radius 1 is 0.947 bits per heavy atom. The number of nitrogens with zero attached hydrogens (tertiary/aromatic N) is 5. The van der Waals surface area contributed by atoms with E-state index in [0.717, 1.165) is 6.07 Å². The van der Waals surface area contributed by atoms with Crippen molar-refractivity contribution in [2.24, 2.45) is 0 Å². The standard InChI is InChI=1S/C26H33F2N5O5/c1-14-11-32-16(12-31(14)23(35)37-25(2,3)4)13-33(24(36)38-26(5,6)7)22-20(32)10-19(29-30-22)17-8-15(27)9-18(28)21(17)34/h8-10,14,16,34H,11-13H2,1-7H3/t14-,16+/m0/s1. The van der Waals surface area contributed by atoms with Crippen LogP contribution in [0.1, 0.15) is 48.5 Å². The monoisotopic (exact) mass is 533 g/mol. The summed E-state index contributed by atoms with van der Waals surface area (Å²) in [5.74, 6) is -2.58. The predicted octanol–water partition coefficient (Wildman–Crippen LogP) is 4.70. The number of halogens is 2. The Morgan fingerprint density at radius 2 is 1.58 bits per heavy atom.